The topological polar surface area (TPSA) is 86.3 Å². The van der Waals surface area contributed by atoms with Crippen molar-refractivity contribution >= 4 is 11.9 Å². The van der Waals surface area contributed by atoms with Crippen LogP contribution < -0.4 is 0 Å². The standard InChI is InChI=1S/C17H18FN3O3/c1-10-9-21(7-6-13(10)17(23)24)16(22)15-8-14(19-20-15)11-2-4-12(18)5-3-11/h2-5,8,10,13H,6-7,9H2,1H3,(H,19,20)(H,23,24). The number of aliphatic carboxylic acids is 1. The number of amides is 1. The molecule has 2 atom stereocenters. The van der Waals surface area contributed by atoms with E-state index in [0.29, 0.717) is 36.5 Å². The number of rotatable bonds is 3. The molecule has 0 spiro atoms. The number of carboxylic acids is 1. The first kappa shape index (κ1) is 16.2. The highest BCUT2D eigenvalue weighted by Crippen LogP contribution is 2.25. The van der Waals surface area contributed by atoms with E-state index in [4.69, 9.17) is 5.11 Å². The van der Waals surface area contributed by atoms with E-state index in [1.807, 2.05) is 6.92 Å². The average Bonchev–Trinajstić information content (AvgIpc) is 3.04. The van der Waals surface area contributed by atoms with Gasteiger partial charge in [-0.3, -0.25) is 14.7 Å². The fraction of sp³-hybridized carbons (Fsp3) is 0.353. The molecular weight excluding hydrogens is 313 g/mol. The van der Waals surface area contributed by atoms with Gasteiger partial charge in [0.15, 0.2) is 0 Å². The summed E-state index contributed by atoms with van der Waals surface area (Å²) in [5.74, 6) is -1.85. The molecule has 1 aliphatic rings. The van der Waals surface area contributed by atoms with E-state index in [1.165, 1.54) is 12.1 Å². The van der Waals surface area contributed by atoms with Gasteiger partial charge in [0.1, 0.15) is 11.5 Å². The minimum Gasteiger partial charge on any atom is -0.481 e. The maximum absolute atomic E-state index is 13.0. The Morgan fingerprint density at radius 3 is 2.67 bits per heavy atom. The van der Waals surface area contributed by atoms with Crippen molar-refractivity contribution in [3.8, 4) is 11.3 Å². The number of halogens is 1. The Hall–Kier alpha value is -2.70. The number of hydrogen-bond donors (Lipinski definition) is 2. The Morgan fingerprint density at radius 2 is 2.04 bits per heavy atom. The van der Waals surface area contributed by atoms with E-state index < -0.39 is 11.9 Å². The van der Waals surface area contributed by atoms with Crippen LogP contribution in [0.2, 0.25) is 0 Å². The van der Waals surface area contributed by atoms with Gasteiger partial charge in [0.05, 0.1) is 11.6 Å². The molecule has 1 aromatic heterocycles. The Bertz CT molecular complexity index is 757. The lowest BCUT2D eigenvalue weighted by atomic mass is 9.87. The Kier molecular flexibility index (Phi) is 4.33. The van der Waals surface area contributed by atoms with Crippen LogP contribution in [-0.2, 0) is 4.79 Å². The van der Waals surface area contributed by atoms with E-state index in [0.717, 1.165) is 0 Å². The van der Waals surface area contributed by atoms with Crippen LogP contribution in [0.5, 0.6) is 0 Å². The van der Waals surface area contributed by atoms with Gasteiger partial charge in [0, 0.05) is 18.7 Å². The highest BCUT2D eigenvalue weighted by molar-refractivity contribution is 5.93. The van der Waals surface area contributed by atoms with Crippen molar-refractivity contribution in [2.24, 2.45) is 11.8 Å². The second kappa shape index (κ2) is 6.43. The van der Waals surface area contributed by atoms with Crippen molar-refractivity contribution in [1.82, 2.24) is 15.1 Å². The summed E-state index contributed by atoms with van der Waals surface area (Å²) in [6, 6.07) is 7.50. The number of aromatic nitrogens is 2. The summed E-state index contributed by atoms with van der Waals surface area (Å²) in [7, 11) is 0. The summed E-state index contributed by atoms with van der Waals surface area (Å²) < 4.78 is 13.0. The van der Waals surface area contributed by atoms with E-state index in [9.17, 15) is 14.0 Å². The number of likely N-dealkylation sites (tertiary alicyclic amines) is 1. The summed E-state index contributed by atoms with van der Waals surface area (Å²) >= 11 is 0. The molecule has 0 bridgehead atoms. The van der Waals surface area contributed by atoms with Crippen molar-refractivity contribution in [2.45, 2.75) is 13.3 Å². The SMILES string of the molecule is CC1CN(C(=O)c2cc(-c3ccc(F)cc3)n[nH]2)CCC1C(=O)O. The second-order valence-electron chi connectivity index (χ2n) is 6.14. The predicted octanol–water partition coefficient (Wildman–Crippen LogP) is 2.40. The number of hydrogen-bond acceptors (Lipinski definition) is 3. The van der Waals surface area contributed by atoms with Crippen LogP contribution in [0.4, 0.5) is 4.39 Å². The summed E-state index contributed by atoms with van der Waals surface area (Å²) in [5.41, 5.74) is 1.62. The van der Waals surface area contributed by atoms with E-state index in [1.54, 1.807) is 23.1 Å². The smallest absolute Gasteiger partial charge is 0.306 e. The highest BCUT2D eigenvalue weighted by Gasteiger charge is 2.33. The molecule has 1 aliphatic heterocycles. The Labute approximate surface area is 138 Å². The minimum atomic E-state index is -0.810. The summed E-state index contributed by atoms with van der Waals surface area (Å²) in [6.45, 7) is 2.65. The second-order valence-corrected chi connectivity index (χ2v) is 6.14. The molecule has 1 amide bonds. The van der Waals surface area contributed by atoms with E-state index in [2.05, 4.69) is 10.2 Å². The van der Waals surface area contributed by atoms with Crippen LogP contribution in [0.25, 0.3) is 11.3 Å². The number of nitrogens with zero attached hydrogens (tertiary/aromatic N) is 2. The molecule has 3 rings (SSSR count). The summed E-state index contributed by atoms with van der Waals surface area (Å²) in [4.78, 5) is 25.4. The van der Waals surface area contributed by atoms with Crippen LogP contribution in [0, 0.1) is 17.7 Å². The van der Waals surface area contributed by atoms with Gasteiger partial charge in [0.2, 0.25) is 0 Å². The van der Waals surface area contributed by atoms with Gasteiger partial charge in [-0.05, 0) is 42.7 Å². The van der Waals surface area contributed by atoms with Crippen molar-refractivity contribution in [3.63, 3.8) is 0 Å². The normalized spacial score (nSPS) is 20.8. The lowest BCUT2D eigenvalue weighted by Gasteiger charge is -2.34. The fourth-order valence-corrected chi connectivity index (χ4v) is 3.07. The average molecular weight is 331 g/mol. The molecule has 0 aliphatic carbocycles. The van der Waals surface area contributed by atoms with Gasteiger partial charge >= 0.3 is 5.97 Å². The van der Waals surface area contributed by atoms with Gasteiger partial charge in [-0.2, -0.15) is 5.10 Å². The maximum atomic E-state index is 13.0. The summed E-state index contributed by atoms with van der Waals surface area (Å²) in [5, 5.41) is 16.0. The molecule has 1 aromatic carbocycles. The van der Waals surface area contributed by atoms with Gasteiger partial charge in [-0.1, -0.05) is 6.92 Å². The lowest BCUT2D eigenvalue weighted by Crippen LogP contribution is -2.45. The Balaban J connectivity index is 1.72. The molecule has 2 aromatic rings. The van der Waals surface area contributed by atoms with Gasteiger partial charge in [-0.15, -0.1) is 0 Å². The predicted molar refractivity (Wildman–Crippen MR) is 84.8 cm³/mol. The molecule has 6 nitrogen and oxygen atoms in total. The third kappa shape index (κ3) is 3.15. The number of aromatic amines is 1. The number of benzene rings is 1. The highest BCUT2D eigenvalue weighted by atomic mass is 19.1. The van der Waals surface area contributed by atoms with Gasteiger partial charge in [0.25, 0.3) is 5.91 Å². The molecule has 2 N–H and O–H groups in total. The minimum absolute atomic E-state index is 0.0975. The number of carboxylic acid groups (broad SMARTS) is 1. The largest absolute Gasteiger partial charge is 0.481 e. The van der Waals surface area contributed by atoms with Crippen molar-refractivity contribution in [2.75, 3.05) is 13.1 Å². The first-order chi connectivity index (χ1) is 11.5. The van der Waals surface area contributed by atoms with Crippen LogP contribution in [0.15, 0.2) is 30.3 Å². The summed E-state index contributed by atoms with van der Waals surface area (Å²) in [6.07, 6.45) is 0.446. The van der Waals surface area contributed by atoms with Crippen molar-refractivity contribution in [1.29, 1.82) is 0 Å². The fourth-order valence-electron chi connectivity index (χ4n) is 3.07. The first-order valence-corrected chi connectivity index (χ1v) is 7.79. The molecule has 24 heavy (non-hydrogen) atoms. The van der Waals surface area contributed by atoms with E-state index in [-0.39, 0.29) is 17.6 Å². The quantitative estimate of drug-likeness (QED) is 0.904. The van der Waals surface area contributed by atoms with Crippen LogP contribution in [0.3, 0.4) is 0 Å². The zero-order valence-corrected chi connectivity index (χ0v) is 13.2. The number of nitrogens with one attached hydrogen (secondary N) is 1. The maximum Gasteiger partial charge on any atom is 0.306 e. The molecular formula is C17H18FN3O3. The van der Waals surface area contributed by atoms with Gasteiger partial charge in [-0.25, -0.2) is 4.39 Å². The number of piperidine rings is 1. The molecule has 0 radical (unpaired) electrons. The molecule has 7 heteroatoms. The molecule has 1 saturated heterocycles. The van der Waals surface area contributed by atoms with Crippen LogP contribution in [-0.4, -0.2) is 45.2 Å². The van der Waals surface area contributed by atoms with E-state index >= 15 is 0 Å². The number of H-pyrrole nitrogens is 1. The third-order valence-electron chi connectivity index (χ3n) is 4.46. The molecule has 0 saturated carbocycles. The first-order valence-electron chi connectivity index (χ1n) is 7.79. The van der Waals surface area contributed by atoms with Gasteiger partial charge < -0.3 is 10.0 Å². The van der Waals surface area contributed by atoms with Crippen LogP contribution in [0.1, 0.15) is 23.8 Å². The molecule has 126 valence electrons. The number of carbonyl (C=O) groups is 2. The van der Waals surface area contributed by atoms with Crippen molar-refractivity contribution in [3.05, 3.63) is 41.8 Å². The molecule has 1 fully saturated rings. The van der Waals surface area contributed by atoms with Crippen molar-refractivity contribution < 1.29 is 19.1 Å². The Morgan fingerprint density at radius 1 is 1.33 bits per heavy atom. The monoisotopic (exact) mass is 331 g/mol. The lowest BCUT2D eigenvalue weighted by molar-refractivity contribution is -0.145. The zero-order valence-electron chi connectivity index (χ0n) is 13.2. The molecule has 2 unspecified atom stereocenters. The number of carbonyl (C=O) groups excluding carboxylic acids is 1. The molecule has 2 heterocycles. The zero-order chi connectivity index (χ0) is 17.3. The third-order valence-corrected chi connectivity index (χ3v) is 4.46. The van der Waals surface area contributed by atoms with Crippen LogP contribution >= 0.6 is 0 Å².